The Bertz CT molecular complexity index is 1180. The smallest absolute Gasteiger partial charge is 0.309 e. The average molecular weight is 547 g/mol. The number of nitrogens with zero attached hydrogens (tertiary/aromatic N) is 4. The maximum absolute atomic E-state index is 11.5. The van der Waals surface area contributed by atoms with Gasteiger partial charge in [-0.3, -0.25) is 4.79 Å². The molecule has 5 rings (SSSR count). The summed E-state index contributed by atoms with van der Waals surface area (Å²) in [7, 11) is 0. The molecule has 37 heavy (non-hydrogen) atoms. The molecule has 3 heterocycles. The fourth-order valence-electron chi connectivity index (χ4n) is 6.19. The van der Waals surface area contributed by atoms with Crippen LogP contribution in [0.2, 0.25) is 10.0 Å². The molecule has 2 atom stereocenters. The van der Waals surface area contributed by atoms with Gasteiger partial charge in [0, 0.05) is 30.7 Å². The number of carboxylic acid groups (broad SMARTS) is 1. The molecule has 2 aliphatic heterocycles. The minimum Gasteiger partial charge on any atom is -0.481 e. The van der Waals surface area contributed by atoms with Crippen LogP contribution in [0.1, 0.15) is 62.4 Å². The van der Waals surface area contributed by atoms with E-state index in [1.165, 1.54) is 12.8 Å². The van der Waals surface area contributed by atoms with Crippen molar-refractivity contribution in [3.8, 4) is 0 Å². The first-order valence-corrected chi connectivity index (χ1v) is 14.1. The number of anilines is 2. The number of carbonyl (C=O) groups is 1. The van der Waals surface area contributed by atoms with Gasteiger partial charge in [-0.25, -0.2) is 4.98 Å². The van der Waals surface area contributed by atoms with Gasteiger partial charge >= 0.3 is 5.97 Å². The summed E-state index contributed by atoms with van der Waals surface area (Å²) in [6.45, 7) is 11.9. The van der Waals surface area contributed by atoms with Crippen molar-refractivity contribution in [1.82, 2.24) is 14.9 Å². The molecule has 1 aliphatic carbocycles. The molecule has 0 amide bonds. The molecule has 7 nitrogen and oxygen atoms in total. The minimum absolute atomic E-state index is 0.0559. The Balaban J connectivity index is 1.20. The summed E-state index contributed by atoms with van der Waals surface area (Å²) in [4.78, 5) is 25.8. The van der Waals surface area contributed by atoms with E-state index in [0.29, 0.717) is 34.7 Å². The zero-order valence-electron chi connectivity index (χ0n) is 22.1. The normalized spacial score (nSPS) is 27.4. The van der Waals surface area contributed by atoms with Crippen LogP contribution in [0.25, 0.3) is 0 Å². The molecule has 0 bridgehead atoms. The summed E-state index contributed by atoms with van der Waals surface area (Å²) in [5.41, 5.74) is 2.35. The van der Waals surface area contributed by atoms with E-state index in [1.54, 1.807) is 0 Å². The SMILES string of the molecule is Cc1ccc([C@@H](C)Nc2nc(N3CC([C@H]4CCCN(C5CC(C)(C(=O)O)C5)C4)C3)nc(C)c2Cl)c(Cl)c1. The number of benzene rings is 1. The fraction of sp³-hybridized carbons (Fsp3) is 0.607. The lowest BCUT2D eigenvalue weighted by Gasteiger charge is -2.52. The maximum Gasteiger partial charge on any atom is 0.309 e. The van der Waals surface area contributed by atoms with Crippen molar-refractivity contribution in [2.75, 3.05) is 36.4 Å². The summed E-state index contributed by atoms with van der Waals surface area (Å²) in [6, 6.07) is 6.42. The predicted molar refractivity (Wildman–Crippen MR) is 149 cm³/mol. The van der Waals surface area contributed by atoms with Crippen LogP contribution in [0.15, 0.2) is 18.2 Å². The molecule has 2 N–H and O–H groups in total. The number of aromatic nitrogens is 2. The summed E-state index contributed by atoms with van der Waals surface area (Å²) in [5, 5.41) is 14.2. The van der Waals surface area contributed by atoms with Crippen LogP contribution in [0.5, 0.6) is 0 Å². The number of piperidine rings is 1. The lowest BCUT2D eigenvalue weighted by atomic mass is 9.65. The van der Waals surface area contributed by atoms with Gasteiger partial charge in [0.2, 0.25) is 5.95 Å². The highest BCUT2D eigenvalue weighted by Gasteiger charge is 2.49. The van der Waals surface area contributed by atoms with Crippen LogP contribution in [-0.2, 0) is 4.79 Å². The highest BCUT2D eigenvalue weighted by atomic mass is 35.5. The molecular weight excluding hydrogens is 509 g/mol. The first-order chi connectivity index (χ1) is 17.5. The fourth-order valence-corrected chi connectivity index (χ4v) is 6.73. The summed E-state index contributed by atoms with van der Waals surface area (Å²) in [6.07, 6.45) is 3.96. The van der Waals surface area contributed by atoms with Crippen molar-refractivity contribution in [2.45, 2.75) is 65.5 Å². The third kappa shape index (κ3) is 5.27. The molecule has 3 aliphatic rings. The molecule has 1 aromatic carbocycles. The number of halogens is 2. The molecule has 0 spiro atoms. The molecule has 0 unspecified atom stereocenters. The number of nitrogens with one attached hydrogen (secondary N) is 1. The molecule has 2 saturated heterocycles. The lowest BCUT2D eigenvalue weighted by Crippen LogP contribution is -2.58. The van der Waals surface area contributed by atoms with Crippen molar-refractivity contribution in [3.05, 3.63) is 45.1 Å². The Hall–Kier alpha value is -2.09. The number of rotatable bonds is 7. The van der Waals surface area contributed by atoms with Gasteiger partial charge in [-0.2, -0.15) is 4.98 Å². The van der Waals surface area contributed by atoms with Crippen molar-refractivity contribution >= 4 is 40.9 Å². The Labute approximate surface area is 229 Å². The molecule has 1 aromatic heterocycles. The Morgan fingerprint density at radius 3 is 2.57 bits per heavy atom. The van der Waals surface area contributed by atoms with E-state index in [0.717, 1.165) is 60.9 Å². The first kappa shape index (κ1) is 26.5. The number of aryl methyl sites for hydroxylation is 2. The molecular formula is C28H37Cl2N5O2. The highest BCUT2D eigenvalue weighted by Crippen LogP contribution is 2.45. The number of likely N-dealkylation sites (tertiary alicyclic amines) is 1. The van der Waals surface area contributed by atoms with Gasteiger partial charge in [0.1, 0.15) is 5.02 Å². The monoisotopic (exact) mass is 545 g/mol. The Kier molecular flexibility index (Phi) is 7.33. The largest absolute Gasteiger partial charge is 0.481 e. The molecule has 2 aromatic rings. The van der Waals surface area contributed by atoms with E-state index < -0.39 is 11.4 Å². The van der Waals surface area contributed by atoms with Gasteiger partial charge < -0.3 is 20.2 Å². The van der Waals surface area contributed by atoms with E-state index >= 15 is 0 Å². The molecule has 1 saturated carbocycles. The molecule has 200 valence electrons. The molecule has 0 radical (unpaired) electrons. The standard InChI is InChI=1S/C28H37Cl2N5O2/c1-16-7-8-22(23(29)10-16)17(2)31-25-24(30)18(3)32-27(33-25)35-14-20(15-35)19-6-5-9-34(13-19)21-11-28(4,12-21)26(36)37/h7-8,10,17,19-21H,5-6,9,11-15H2,1-4H3,(H,36,37)(H,31,32,33)/t17-,19+,21?,28?/m1/s1. The lowest BCUT2D eigenvalue weighted by molar-refractivity contribution is -0.158. The molecule has 9 heteroatoms. The predicted octanol–water partition coefficient (Wildman–Crippen LogP) is 5.97. The van der Waals surface area contributed by atoms with Crippen LogP contribution in [0.4, 0.5) is 11.8 Å². The quantitative estimate of drug-likeness (QED) is 0.443. The second-order valence-corrected chi connectivity index (χ2v) is 12.4. The highest BCUT2D eigenvalue weighted by molar-refractivity contribution is 6.33. The van der Waals surface area contributed by atoms with Crippen LogP contribution in [-0.4, -0.2) is 58.2 Å². The van der Waals surface area contributed by atoms with Crippen molar-refractivity contribution < 1.29 is 9.90 Å². The third-order valence-corrected chi connectivity index (χ3v) is 9.51. The van der Waals surface area contributed by atoms with Gasteiger partial charge in [0.05, 0.1) is 17.2 Å². The van der Waals surface area contributed by atoms with Gasteiger partial charge in [-0.05, 0) is 89.0 Å². The van der Waals surface area contributed by atoms with Crippen molar-refractivity contribution in [3.63, 3.8) is 0 Å². The second-order valence-electron chi connectivity index (χ2n) is 11.7. The van der Waals surface area contributed by atoms with Crippen LogP contribution >= 0.6 is 23.2 Å². The van der Waals surface area contributed by atoms with Crippen LogP contribution in [0.3, 0.4) is 0 Å². The van der Waals surface area contributed by atoms with Gasteiger partial charge in [-0.1, -0.05) is 35.3 Å². The maximum atomic E-state index is 11.5. The van der Waals surface area contributed by atoms with Crippen LogP contribution < -0.4 is 10.2 Å². The van der Waals surface area contributed by atoms with E-state index in [-0.39, 0.29) is 6.04 Å². The third-order valence-electron chi connectivity index (χ3n) is 8.73. The van der Waals surface area contributed by atoms with Gasteiger partial charge in [0.25, 0.3) is 0 Å². The first-order valence-electron chi connectivity index (χ1n) is 13.3. The van der Waals surface area contributed by atoms with E-state index in [4.69, 9.17) is 33.2 Å². The second kappa shape index (κ2) is 10.2. The number of aliphatic carboxylic acids is 1. The minimum atomic E-state index is -0.657. The van der Waals surface area contributed by atoms with E-state index in [1.807, 2.05) is 32.9 Å². The number of hydrogen-bond donors (Lipinski definition) is 2. The number of hydrogen-bond acceptors (Lipinski definition) is 6. The number of carboxylic acids is 1. The zero-order valence-corrected chi connectivity index (χ0v) is 23.6. The Morgan fingerprint density at radius 2 is 1.89 bits per heavy atom. The van der Waals surface area contributed by atoms with Gasteiger partial charge in [0.15, 0.2) is 5.82 Å². The van der Waals surface area contributed by atoms with Gasteiger partial charge in [-0.15, -0.1) is 0 Å². The van der Waals surface area contributed by atoms with Crippen LogP contribution in [0, 0.1) is 31.1 Å². The summed E-state index contributed by atoms with van der Waals surface area (Å²) >= 11 is 13.1. The topological polar surface area (TPSA) is 81.6 Å². The molecule has 3 fully saturated rings. The zero-order chi connectivity index (χ0) is 26.5. The van der Waals surface area contributed by atoms with E-state index in [9.17, 15) is 9.90 Å². The summed E-state index contributed by atoms with van der Waals surface area (Å²) in [5.74, 6) is 1.93. The average Bonchev–Trinajstić information content (AvgIpc) is 2.79. The van der Waals surface area contributed by atoms with Crippen molar-refractivity contribution in [2.24, 2.45) is 17.3 Å². The van der Waals surface area contributed by atoms with E-state index in [2.05, 4.69) is 28.1 Å². The summed E-state index contributed by atoms with van der Waals surface area (Å²) < 4.78 is 0. The Morgan fingerprint density at radius 1 is 1.16 bits per heavy atom. The van der Waals surface area contributed by atoms with Crippen molar-refractivity contribution in [1.29, 1.82) is 0 Å².